The number of hydrogen-bond donors (Lipinski definition) is 1. The van der Waals surface area contributed by atoms with E-state index in [-0.39, 0.29) is 5.82 Å². The Labute approximate surface area is 88.9 Å². The van der Waals surface area contributed by atoms with Crippen LogP contribution in [0.1, 0.15) is 0 Å². The van der Waals surface area contributed by atoms with Gasteiger partial charge in [-0.25, -0.2) is 4.39 Å². The second kappa shape index (κ2) is 3.14. The molecular formula is C10H7FIN. The van der Waals surface area contributed by atoms with Crippen molar-refractivity contribution in [3.8, 4) is 0 Å². The molecule has 0 heterocycles. The summed E-state index contributed by atoms with van der Waals surface area (Å²) in [6.07, 6.45) is 0. The Hall–Kier alpha value is -0.840. The highest BCUT2D eigenvalue weighted by atomic mass is 127. The van der Waals surface area contributed by atoms with Gasteiger partial charge in [0, 0.05) is 9.26 Å². The topological polar surface area (TPSA) is 26.0 Å². The highest BCUT2D eigenvalue weighted by Crippen LogP contribution is 2.26. The predicted octanol–water partition coefficient (Wildman–Crippen LogP) is 3.17. The molecule has 0 aromatic heterocycles. The molecule has 0 amide bonds. The van der Waals surface area contributed by atoms with E-state index in [1.165, 1.54) is 12.1 Å². The van der Waals surface area contributed by atoms with E-state index < -0.39 is 0 Å². The van der Waals surface area contributed by atoms with Gasteiger partial charge in [0.2, 0.25) is 0 Å². The van der Waals surface area contributed by atoms with Gasteiger partial charge in [-0.1, -0.05) is 12.1 Å². The van der Waals surface area contributed by atoms with Crippen LogP contribution in [0.5, 0.6) is 0 Å². The Bertz CT molecular complexity index is 468. The number of nitrogen functional groups attached to an aromatic ring is 1. The molecule has 3 heteroatoms. The summed E-state index contributed by atoms with van der Waals surface area (Å²) in [6.45, 7) is 0. The SMILES string of the molecule is Nc1ccc2cc(F)ccc2c1I. The number of fused-ring (bicyclic) bond motifs is 1. The summed E-state index contributed by atoms with van der Waals surface area (Å²) in [6, 6.07) is 8.34. The second-order valence-corrected chi connectivity index (χ2v) is 3.91. The van der Waals surface area contributed by atoms with Crippen LogP contribution in [0.15, 0.2) is 30.3 Å². The van der Waals surface area contributed by atoms with E-state index in [4.69, 9.17) is 5.73 Å². The van der Waals surface area contributed by atoms with Crippen LogP contribution >= 0.6 is 22.6 Å². The molecule has 0 aliphatic heterocycles. The van der Waals surface area contributed by atoms with Crippen molar-refractivity contribution in [1.29, 1.82) is 0 Å². The fourth-order valence-electron chi connectivity index (χ4n) is 1.28. The van der Waals surface area contributed by atoms with Crippen LogP contribution in [0.3, 0.4) is 0 Å². The highest BCUT2D eigenvalue weighted by Gasteiger charge is 2.02. The first kappa shape index (κ1) is 8.74. The van der Waals surface area contributed by atoms with Crippen molar-refractivity contribution < 1.29 is 4.39 Å². The highest BCUT2D eigenvalue weighted by molar-refractivity contribution is 14.1. The minimum Gasteiger partial charge on any atom is -0.398 e. The normalized spacial score (nSPS) is 10.6. The third kappa shape index (κ3) is 1.48. The zero-order valence-electron chi connectivity index (χ0n) is 6.72. The lowest BCUT2D eigenvalue weighted by Crippen LogP contribution is -1.90. The lowest BCUT2D eigenvalue weighted by Gasteiger charge is -2.03. The lowest BCUT2D eigenvalue weighted by molar-refractivity contribution is 0.630. The molecule has 2 aromatic carbocycles. The average molecular weight is 287 g/mol. The standard InChI is InChI=1S/C10H7FIN/c11-7-2-3-8-6(5-7)1-4-9(13)10(8)12/h1-5H,13H2. The van der Waals surface area contributed by atoms with E-state index in [9.17, 15) is 4.39 Å². The van der Waals surface area contributed by atoms with E-state index in [0.29, 0.717) is 0 Å². The Balaban J connectivity index is 2.87. The van der Waals surface area contributed by atoms with Crippen molar-refractivity contribution in [2.75, 3.05) is 5.73 Å². The van der Waals surface area contributed by atoms with E-state index in [1.54, 1.807) is 12.1 Å². The number of halogens is 2. The smallest absolute Gasteiger partial charge is 0.123 e. The van der Waals surface area contributed by atoms with Crippen molar-refractivity contribution in [3.05, 3.63) is 39.7 Å². The second-order valence-electron chi connectivity index (χ2n) is 2.83. The van der Waals surface area contributed by atoms with Crippen molar-refractivity contribution in [1.82, 2.24) is 0 Å². The first-order valence-corrected chi connectivity index (χ1v) is 4.89. The molecule has 0 saturated heterocycles. The molecule has 2 aromatic rings. The molecule has 1 nitrogen and oxygen atoms in total. The number of hydrogen-bond acceptors (Lipinski definition) is 1. The van der Waals surface area contributed by atoms with Gasteiger partial charge in [-0.15, -0.1) is 0 Å². The van der Waals surface area contributed by atoms with E-state index >= 15 is 0 Å². The molecule has 0 spiro atoms. The van der Waals surface area contributed by atoms with Crippen LogP contribution in [0.4, 0.5) is 10.1 Å². The van der Waals surface area contributed by atoms with Gasteiger partial charge in [0.15, 0.2) is 0 Å². The largest absolute Gasteiger partial charge is 0.398 e. The van der Waals surface area contributed by atoms with E-state index in [1.807, 2.05) is 6.07 Å². The molecule has 13 heavy (non-hydrogen) atoms. The summed E-state index contributed by atoms with van der Waals surface area (Å²) in [4.78, 5) is 0. The fraction of sp³-hybridized carbons (Fsp3) is 0. The molecule has 0 unspecified atom stereocenters. The molecular weight excluding hydrogens is 280 g/mol. The van der Waals surface area contributed by atoms with E-state index in [0.717, 1.165) is 20.0 Å². The molecule has 66 valence electrons. The first-order chi connectivity index (χ1) is 6.18. The molecule has 0 aliphatic rings. The van der Waals surface area contributed by atoms with Gasteiger partial charge in [0.25, 0.3) is 0 Å². The Morgan fingerprint density at radius 2 is 1.92 bits per heavy atom. The maximum Gasteiger partial charge on any atom is 0.123 e. The third-order valence-electron chi connectivity index (χ3n) is 1.95. The van der Waals surface area contributed by atoms with Gasteiger partial charge >= 0.3 is 0 Å². The Morgan fingerprint density at radius 1 is 1.15 bits per heavy atom. The maximum atomic E-state index is 12.8. The van der Waals surface area contributed by atoms with Gasteiger partial charge < -0.3 is 5.73 Å². The molecule has 0 radical (unpaired) electrons. The van der Waals surface area contributed by atoms with Crippen LogP contribution in [0.2, 0.25) is 0 Å². The Morgan fingerprint density at radius 3 is 2.69 bits per heavy atom. The van der Waals surface area contributed by atoms with Gasteiger partial charge in [-0.2, -0.15) is 0 Å². The monoisotopic (exact) mass is 287 g/mol. The van der Waals surface area contributed by atoms with Crippen LogP contribution in [-0.2, 0) is 0 Å². The predicted molar refractivity (Wildman–Crippen MR) is 61.0 cm³/mol. The number of nitrogens with two attached hydrogens (primary N) is 1. The minimum atomic E-state index is -0.215. The van der Waals surface area contributed by atoms with Gasteiger partial charge in [0.05, 0.1) is 0 Å². The van der Waals surface area contributed by atoms with Crippen molar-refractivity contribution in [2.24, 2.45) is 0 Å². The third-order valence-corrected chi connectivity index (χ3v) is 3.15. The van der Waals surface area contributed by atoms with Crippen LogP contribution in [0, 0.1) is 9.39 Å². The van der Waals surface area contributed by atoms with Crippen LogP contribution in [-0.4, -0.2) is 0 Å². The molecule has 0 saturated carbocycles. The average Bonchev–Trinajstić information content (AvgIpc) is 2.12. The first-order valence-electron chi connectivity index (χ1n) is 3.82. The number of benzene rings is 2. The maximum absolute atomic E-state index is 12.8. The zero-order valence-corrected chi connectivity index (χ0v) is 8.88. The molecule has 2 N–H and O–H groups in total. The molecule has 0 aliphatic carbocycles. The quantitative estimate of drug-likeness (QED) is 0.584. The van der Waals surface area contributed by atoms with Crippen molar-refractivity contribution in [2.45, 2.75) is 0 Å². The minimum absolute atomic E-state index is 0.215. The van der Waals surface area contributed by atoms with Gasteiger partial charge in [-0.05, 0) is 51.6 Å². The van der Waals surface area contributed by atoms with Crippen LogP contribution < -0.4 is 5.73 Å². The summed E-state index contributed by atoms with van der Waals surface area (Å²) in [5.74, 6) is -0.215. The number of anilines is 1. The zero-order chi connectivity index (χ0) is 9.42. The van der Waals surface area contributed by atoms with Gasteiger partial charge in [0.1, 0.15) is 5.82 Å². The summed E-state index contributed by atoms with van der Waals surface area (Å²) in [7, 11) is 0. The molecule has 0 fully saturated rings. The molecule has 0 bridgehead atoms. The van der Waals surface area contributed by atoms with Gasteiger partial charge in [-0.3, -0.25) is 0 Å². The number of rotatable bonds is 0. The fourth-order valence-corrected chi connectivity index (χ4v) is 1.95. The molecule has 0 atom stereocenters. The van der Waals surface area contributed by atoms with E-state index in [2.05, 4.69) is 22.6 Å². The molecule has 2 rings (SSSR count). The summed E-state index contributed by atoms with van der Waals surface area (Å²) in [5.41, 5.74) is 6.46. The van der Waals surface area contributed by atoms with Crippen molar-refractivity contribution >= 4 is 39.1 Å². The summed E-state index contributed by atoms with van der Waals surface area (Å²) in [5, 5.41) is 1.89. The lowest BCUT2D eigenvalue weighted by atomic mass is 10.1. The van der Waals surface area contributed by atoms with Crippen LogP contribution in [0.25, 0.3) is 10.8 Å². The summed E-state index contributed by atoms with van der Waals surface area (Å²) >= 11 is 2.17. The Kier molecular flexibility index (Phi) is 2.11. The summed E-state index contributed by atoms with van der Waals surface area (Å²) < 4.78 is 13.8. The van der Waals surface area contributed by atoms with Crippen molar-refractivity contribution in [3.63, 3.8) is 0 Å².